The summed E-state index contributed by atoms with van der Waals surface area (Å²) in [5, 5.41) is 9.15. The number of likely N-dealkylation sites (N-methyl/N-ethyl adjacent to an activating group) is 1. The van der Waals surface area contributed by atoms with E-state index in [2.05, 4.69) is 49.6 Å². The third-order valence-electron chi connectivity index (χ3n) is 4.94. The molecule has 138 valence electrons. The molecule has 2 saturated heterocycles. The van der Waals surface area contributed by atoms with E-state index in [1.807, 2.05) is 0 Å². The highest BCUT2D eigenvalue weighted by atomic mass is 16.5. The van der Waals surface area contributed by atoms with Gasteiger partial charge in [0.25, 0.3) is 0 Å². The first-order valence-corrected chi connectivity index (χ1v) is 9.20. The van der Waals surface area contributed by atoms with Gasteiger partial charge in [-0.25, -0.2) is 9.97 Å². The molecule has 0 spiro atoms. The molecule has 7 heteroatoms. The average molecular weight is 354 g/mol. The second-order valence-corrected chi connectivity index (χ2v) is 6.77. The van der Waals surface area contributed by atoms with Gasteiger partial charge in [-0.2, -0.15) is 5.26 Å². The largest absolute Gasteiger partial charge is 0.365 e. The minimum absolute atomic E-state index is 0.228. The average Bonchev–Trinajstić information content (AvgIpc) is 2.69. The molecule has 2 aliphatic rings. The fourth-order valence-electron chi connectivity index (χ4n) is 3.26. The Kier molecular flexibility index (Phi) is 6.79. The van der Waals surface area contributed by atoms with E-state index in [9.17, 15) is 0 Å². The fourth-order valence-corrected chi connectivity index (χ4v) is 3.26. The van der Waals surface area contributed by atoms with Crippen LogP contribution in [-0.2, 0) is 4.74 Å². The summed E-state index contributed by atoms with van der Waals surface area (Å²) in [5.74, 6) is 7.05. The standard InChI is InChI=1S/C19H26N6O/c1-23-11-13-24(14-12-23)8-2-3-15-26-17-4-9-25(10-5-17)19-18(16-20)21-6-7-22-19/h6-7,17H,4-5,8-15H2,1H3. The van der Waals surface area contributed by atoms with Crippen LogP contribution in [0.15, 0.2) is 12.4 Å². The van der Waals surface area contributed by atoms with Gasteiger partial charge in [0.05, 0.1) is 12.6 Å². The number of rotatable bonds is 4. The van der Waals surface area contributed by atoms with Gasteiger partial charge < -0.3 is 14.5 Å². The van der Waals surface area contributed by atoms with E-state index < -0.39 is 0 Å². The number of hydrogen-bond donors (Lipinski definition) is 0. The maximum Gasteiger partial charge on any atom is 0.183 e. The summed E-state index contributed by atoms with van der Waals surface area (Å²) >= 11 is 0. The molecule has 1 aromatic rings. The summed E-state index contributed by atoms with van der Waals surface area (Å²) in [7, 11) is 2.16. The number of nitriles is 1. The van der Waals surface area contributed by atoms with Gasteiger partial charge in [-0.3, -0.25) is 4.90 Å². The molecule has 26 heavy (non-hydrogen) atoms. The summed E-state index contributed by atoms with van der Waals surface area (Å²) in [6, 6.07) is 2.11. The molecule has 3 heterocycles. The van der Waals surface area contributed by atoms with Crippen molar-refractivity contribution in [3.63, 3.8) is 0 Å². The molecule has 0 saturated carbocycles. The van der Waals surface area contributed by atoms with E-state index >= 15 is 0 Å². The first-order valence-electron chi connectivity index (χ1n) is 9.20. The Labute approximate surface area is 155 Å². The number of nitrogens with zero attached hydrogens (tertiary/aromatic N) is 6. The second kappa shape index (κ2) is 9.49. The predicted octanol–water partition coefficient (Wildman–Crippen LogP) is 0.584. The molecule has 0 bridgehead atoms. The van der Waals surface area contributed by atoms with Gasteiger partial charge in [0.2, 0.25) is 0 Å². The number of ether oxygens (including phenoxy) is 1. The van der Waals surface area contributed by atoms with E-state index in [0.29, 0.717) is 18.1 Å². The summed E-state index contributed by atoms with van der Waals surface area (Å²) < 4.78 is 5.90. The molecule has 3 rings (SSSR count). The molecule has 0 aliphatic carbocycles. The van der Waals surface area contributed by atoms with Gasteiger partial charge in [0, 0.05) is 51.7 Å². The van der Waals surface area contributed by atoms with Gasteiger partial charge in [-0.15, -0.1) is 0 Å². The summed E-state index contributed by atoms with van der Waals surface area (Å²) in [4.78, 5) is 15.2. The Balaban J connectivity index is 1.36. The van der Waals surface area contributed by atoms with Crippen LogP contribution >= 0.6 is 0 Å². The van der Waals surface area contributed by atoms with Crippen molar-refractivity contribution in [3.05, 3.63) is 18.1 Å². The zero-order chi connectivity index (χ0) is 18.2. The maximum atomic E-state index is 9.15. The molecular formula is C19H26N6O. The smallest absolute Gasteiger partial charge is 0.183 e. The Morgan fingerprint density at radius 3 is 2.54 bits per heavy atom. The zero-order valence-electron chi connectivity index (χ0n) is 15.4. The molecule has 2 aliphatic heterocycles. The van der Waals surface area contributed by atoms with Crippen LogP contribution in [0, 0.1) is 23.2 Å². The summed E-state index contributed by atoms with van der Waals surface area (Å²) in [6.07, 6.45) is 5.25. The van der Waals surface area contributed by atoms with Crippen molar-refractivity contribution in [2.24, 2.45) is 0 Å². The summed E-state index contributed by atoms with van der Waals surface area (Å²) in [5.41, 5.74) is 0.390. The first-order chi connectivity index (χ1) is 12.8. The lowest BCUT2D eigenvalue weighted by Crippen LogP contribution is -2.44. The van der Waals surface area contributed by atoms with E-state index in [1.165, 1.54) is 0 Å². The van der Waals surface area contributed by atoms with Crippen molar-refractivity contribution >= 4 is 5.82 Å². The lowest BCUT2D eigenvalue weighted by Gasteiger charge is -2.32. The monoisotopic (exact) mass is 354 g/mol. The van der Waals surface area contributed by atoms with Crippen LogP contribution < -0.4 is 4.90 Å². The third-order valence-corrected chi connectivity index (χ3v) is 4.94. The van der Waals surface area contributed by atoms with Gasteiger partial charge in [0.1, 0.15) is 12.7 Å². The summed E-state index contributed by atoms with van der Waals surface area (Å²) in [6.45, 7) is 7.41. The molecule has 0 N–H and O–H groups in total. The van der Waals surface area contributed by atoms with Crippen LogP contribution in [0.1, 0.15) is 18.5 Å². The number of piperazine rings is 1. The molecule has 2 fully saturated rings. The van der Waals surface area contributed by atoms with Crippen LogP contribution in [0.25, 0.3) is 0 Å². The Hall–Kier alpha value is -2.19. The van der Waals surface area contributed by atoms with Crippen molar-refractivity contribution in [1.82, 2.24) is 19.8 Å². The predicted molar refractivity (Wildman–Crippen MR) is 99.6 cm³/mol. The van der Waals surface area contributed by atoms with E-state index in [0.717, 1.165) is 58.7 Å². The first kappa shape index (κ1) is 18.6. The minimum Gasteiger partial charge on any atom is -0.365 e. The van der Waals surface area contributed by atoms with Crippen molar-refractivity contribution < 1.29 is 4.74 Å². The van der Waals surface area contributed by atoms with Crippen molar-refractivity contribution in [2.45, 2.75) is 18.9 Å². The highest BCUT2D eigenvalue weighted by molar-refractivity contribution is 5.49. The zero-order valence-corrected chi connectivity index (χ0v) is 15.4. The van der Waals surface area contributed by atoms with Gasteiger partial charge in [-0.05, 0) is 19.9 Å². The molecule has 0 aromatic carbocycles. The van der Waals surface area contributed by atoms with Gasteiger partial charge >= 0.3 is 0 Å². The molecule has 7 nitrogen and oxygen atoms in total. The van der Waals surface area contributed by atoms with Crippen LogP contribution in [0.5, 0.6) is 0 Å². The molecular weight excluding hydrogens is 328 g/mol. The molecule has 0 amide bonds. The van der Waals surface area contributed by atoms with Crippen LogP contribution in [-0.4, -0.2) is 85.3 Å². The molecule has 1 aromatic heterocycles. The number of piperidine rings is 1. The van der Waals surface area contributed by atoms with E-state index in [-0.39, 0.29) is 6.10 Å². The van der Waals surface area contributed by atoms with E-state index in [1.54, 1.807) is 12.4 Å². The normalized spacial score (nSPS) is 19.6. The van der Waals surface area contributed by atoms with Crippen LogP contribution in [0.2, 0.25) is 0 Å². The molecule has 0 radical (unpaired) electrons. The molecule has 0 unspecified atom stereocenters. The third kappa shape index (κ3) is 5.15. The quantitative estimate of drug-likeness (QED) is 0.733. The highest BCUT2D eigenvalue weighted by Gasteiger charge is 2.22. The van der Waals surface area contributed by atoms with Gasteiger partial charge in [-0.1, -0.05) is 11.8 Å². The van der Waals surface area contributed by atoms with Crippen LogP contribution in [0.4, 0.5) is 5.82 Å². The molecule has 0 atom stereocenters. The SMILES string of the molecule is CN1CCN(CC#CCOC2CCN(c3nccnc3C#N)CC2)CC1. The minimum atomic E-state index is 0.228. The van der Waals surface area contributed by atoms with E-state index in [4.69, 9.17) is 10.00 Å². The van der Waals surface area contributed by atoms with Gasteiger partial charge in [0.15, 0.2) is 11.5 Å². The Bertz CT molecular complexity index is 675. The number of aromatic nitrogens is 2. The number of hydrogen-bond acceptors (Lipinski definition) is 7. The lowest BCUT2D eigenvalue weighted by atomic mass is 10.1. The fraction of sp³-hybridized carbons (Fsp3) is 0.632. The Morgan fingerprint density at radius 2 is 1.81 bits per heavy atom. The topological polar surface area (TPSA) is 68.5 Å². The number of anilines is 1. The van der Waals surface area contributed by atoms with Crippen LogP contribution in [0.3, 0.4) is 0 Å². The van der Waals surface area contributed by atoms with Crippen molar-refractivity contribution in [1.29, 1.82) is 5.26 Å². The second-order valence-electron chi connectivity index (χ2n) is 6.77. The maximum absolute atomic E-state index is 9.15. The highest BCUT2D eigenvalue weighted by Crippen LogP contribution is 2.21. The van der Waals surface area contributed by atoms with Crippen molar-refractivity contribution in [2.75, 3.05) is 64.4 Å². The lowest BCUT2D eigenvalue weighted by molar-refractivity contribution is 0.0593. The van der Waals surface area contributed by atoms with Crippen molar-refractivity contribution in [3.8, 4) is 17.9 Å². The Morgan fingerprint density at radius 1 is 1.08 bits per heavy atom.